The molecule has 0 aromatic carbocycles. The Labute approximate surface area is 102 Å². The molecule has 0 unspecified atom stereocenters. The van der Waals surface area contributed by atoms with E-state index in [1.807, 2.05) is 0 Å². The normalized spacial score (nSPS) is 20.4. The van der Waals surface area contributed by atoms with Gasteiger partial charge in [-0.25, -0.2) is 4.98 Å². The lowest BCUT2D eigenvalue weighted by molar-refractivity contribution is 0.220. The summed E-state index contributed by atoms with van der Waals surface area (Å²) in [6.07, 6.45) is 6.23. The highest BCUT2D eigenvalue weighted by atomic mass is 16.1. The molecule has 0 amide bonds. The number of hydrogen-bond donors (Lipinski definition) is 2. The smallest absolute Gasteiger partial charge is 0.255 e. The van der Waals surface area contributed by atoms with Gasteiger partial charge in [0, 0.05) is 24.2 Å². The van der Waals surface area contributed by atoms with Crippen LogP contribution in [0.2, 0.25) is 0 Å². The zero-order valence-electron chi connectivity index (χ0n) is 10.6. The molecule has 0 spiro atoms. The molecule has 4 heteroatoms. The lowest BCUT2D eigenvalue weighted by atomic mass is 9.73. The van der Waals surface area contributed by atoms with Gasteiger partial charge in [0.2, 0.25) is 0 Å². The summed E-state index contributed by atoms with van der Waals surface area (Å²) in [5.41, 5.74) is 6.37. The van der Waals surface area contributed by atoms with Gasteiger partial charge in [0.05, 0.1) is 0 Å². The first-order chi connectivity index (χ1) is 8.02. The number of aromatic nitrogens is 2. The SMILES string of the molecule is CC1(C)CCC(c2ncc(CN)c(=O)[nH]2)CC1. The molecule has 2 rings (SSSR count). The largest absolute Gasteiger partial charge is 0.326 e. The molecule has 1 aliphatic carbocycles. The topological polar surface area (TPSA) is 71.8 Å². The lowest BCUT2D eigenvalue weighted by Crippen LogP contribution is -2.24. The Morgan fingerprint density at radius 2 is 2.12 bits per heavy atom. The molecule has 3 N–H and O–H groups in total. The molecule has 17 heavy (non-hydrogen) atoms. The van der Waals surface area contributed by atoms with Gasteiger partial charge in [0.15, 0.2) is 0 Å². The highest BCUT2D eigenvalue weighted by molar-refractivity contribution is 5.08. The third-order valence-electron chi connectivity index (χ3n) is 3.84. The number of nitrogens with two attached hydrogens (primary N) is 1. The van der Waals surface area contributed by atoms with Gasteiger partial charge < -0.3 is 10.7 Å². The summed E-state index contributed by atoms with van der Waals surface area (Å²) in [7, 11) is 0. The molecule has 0 bridgehead atoms. The van der Waals surface area contributed by atoms with Gasteiger partial charge in [-0.3, -0.25) is 4.79 Å². The number of hydrogen-bond acceptors (Lipinski definition) is 3. The van der Waals surface area contributed by atoms with Crippen LogP contribution in [0.15, 0.2) is 11.0 Å². The molecule has 1 aromatic rings. The van der Waals surface area contributed by atoms with Crippen molar-refractivity contribution in [3.8, 4) is 0 Å². The maximum absolute atomic E-state index is 11.7. The lowest BCUT2D eigenvalue weighted by Gasteiger charge is -2.33. The molecule has 1 aromatic heterocycles. The Morgan fingerprint density at radius 3 is 2.65 bits per heavy atom. The average Bonchev–Trinajstić information content (AvgIpc) is 2.29. The summed E-state index contributed by atoms with van der Waals surface area (Å²) < 4.78 is 0. The first-order valence-electron chi connectivity index (χ1n) is 6.30. The average molecular weight is 235 g/mol. The van der Waals surface area contributed by atoms with E-state index in [-0.39, 0.29) is 12.1 Å². The third-order valence-corrected chi connectivity index (χ3v) is 3.84. The van der Waals surface area contributed by atoms with E-state index in [1.165, 1.54) is 12.8 Å². The molecular weight excluding hydrogens is 214 g/mol. The number of nitrogens with zero attached hydrogens (tertiary/aromatic N) is 1. The summed E-state index contributed by atoms with van der Waals surface area (Å²) in [5, 5.41) is 0. The second kappa shape index (κ2) is 4.61. The fraction of sp³-hybridized carbons (Fsp3) is 0.692. The monoisotopic (exact) mass is 235 g/mol. The van der Waals surface area contributed by atoms with E-state index in [0.29, 0.717) is 16.9 Å². The molecule has 0 radical (unpaired) electrons. The van der Waals surface area contributed by atoms with E-state index in [1.54, 1.807) is 6.20 Å². The van der Waals surface area contributed by atoms with Crippen LogP contribution in [-0.2, 0) is 6.54 Å². The van der Waals surface area contributed by atoms with Gasteiger partial charge >= 0.3 is 0 Å². The summed E-state index contributed by atoms with van der Waals surface area (Å²) in [5.74, 6) is 1.24. The van der Waals surface area contributed by atoms with Crippen LogP contribution in [0.3, 0.4) is 0 Å². The fourth-order valence-electron chi connectivity index (χ4n) is 2.46. The van der Waals surface area contributed by atoms with Gasteiger partial charge in [-0.15, -0.1) is 0 Å². The van der Waals surface area contributed by atoms with E-state index >= 15 is 0 Å². The van der Waals surface area contributed by atoms with Crippen LogP contribution < -0.4 is 11.3 Å². The van der Waals surface area contributed by atoms with Gasteiger partial charge in [-0.2, -0.15) is 0 Å². The summed E-state index contributed by atoms with van der Waals surface area (Å²) >= 11 is 0. The standard InChI is InChI=1S/C13H21N3O/c1-13(2)5-3-9(4-6-13)11-15-8-10(7-14)12(17)16-11/h8-9H,3-7,14H2,1-2H3,(H,15,16,17). The molecule has 94 valence electrons. The van der Waals surface area contributed by atoms with Crippen LogP contribution in [0.5, 0.6) is 0 Å². The Kier molecular flexibility index (Phi) is 3.33. The molecular formula is C13H21N3O. The van der Waals surface area contributed by atoms with Crippen molar-refractivity contribution < 1.29 is 0 Å². The van der Waals surface area contributed by atoms with Crippen molar-refractivity contribution in [3.63, 3.8) is 0 Å². The molecule has 1 heterocycles. The summed E-state index contributed by atoms with van der Waals surface area (Å²) in [4.78, 5) is 18.9. The summed E-state index contributed by atoms with van der Waals surface area (Å²) in [6.45, 7) is 4.86. The first-order valence-corrected chi connectivity index (χ1v) is 6.30. The van der Waals surface area contributed by atoms with Crippen molar-refractivity contribution in [2.45, 2.75) is 52.0 Å². The van der Waals surface area contributed by atoms with Crippen molar-refractivity contribution in [3.05, 3.63) is 27.9 Å². The quantitative estimate of drug-likeness (QED) is 0.822. The van der Waals surface area contributed by atoms with Crippen molar-refractivity contribution in [1.82, 2.24) is 9.97 Å². The zero-order chi connectivity index (χ0) is 12.5. The molecule has 4 nitrogen and oxygen atoms in total. The summed E-state index contributed by atoms with van der Waals surface area (Å²) in [6, 6.07) is 0. The van der Waals surface area contributed by atoms with Crippen LogP contribution in [0.1, 0.15) is 56.8 Å². The minimum atomic E-state index is -0.0812. The van der Waals surface area contributed by atoms with Crippen LogP contribution >= 0.6 is 0 Å². The van der Waals surface area contributed by atoms with Crippen LogP contribution in [0.4, 0.5) is 0 Å². The maximum atomic E-state index is 11.7. The van der Waals surface area contributed by atoms with Gasteiger partial charge in [-0.1, -0.05) is 13.8 Å². The molecule has 1 aliphatic rings. The fourth-order valence-corrected chi connectivity index (χ4v) is 2.46. The number of nitrogens with one attached hydrogen (secondary N) is 1. The highest BCUT2D eigenvalue weighted by Gasteiger charge is 2.28. The van der Waals surface area contributed by atoms with E-state index < -0.39 is 0 Å². The number of aromatic amines is 1. The number of rotatable bonds is 2. The molecule has 0 aliphatic heterocycles. The molecule has 0 saturated heterocycles. The second-order valence-corrected chi connectivity index (χ2v) is 5.77. The second-order valence-electron chi connectivity index (χ2n) is 5.77. The van der Waals surface area contributed by atoms with Crippen LogP contribution in [0, 0.1) is 5.41 Å². The number of H-pyrrole nitrogens is 1. The predicted octanol–water partition coefficient (Wildman–Crippen LogP) is 1.91. The van der Waals surface area contributed by atoms with E-state index in [4.69, 9.17) is 5.73 Å². The molecule has 1 saturated carbocycles. The van der Waals surface area contributed by atoms with Crippen LogP contribution in [0.25, 0.3) is 0 Å². The van der Waals surface area contributed by atoms with E-state index in [2.05, 4.69) is 23.8 Å². The minimum Gasteiger partial charge on any atom is -0.326 e. The Morgan fingerprint density at radius 1 is 1.47 bits per heavy atom. The predicted molar refractivity (Wildman–Crippen MR) is 67.7 cm³/mol. The molecule has 0 atom stereocenters. The third kappa shape index (κ3) is 2.75. The Bertz CT molecular complexity index is 440. The molecule has 1 fully saturated rings. The first kappa shape index (κ1) is 12.3. The van der Waals surface area contributed by atoms with Crippen molar-refractivity contribution in [1.29, 1.82) is 0 Å². The van der Waals surface area contributed by atoms with Crippen LogP contribution in [-0.4, -0.2) is 9.97 Å². The van der Waals surface area contributed by atoms with E-state index in [0.717, 1.165) is 18.7 Å². The Balaban J connectivity index is 2.14. The minimum absolute atomic E-state index is 0.0812. The van der Waals surface area contributed by atoms with Crippen molar-refractivity contribution >= 4 is 0 Å². The zero-order valence-corrected chi connectivity index (χ0v) is 10.6. The highest BCUT2D eigenvalue weighted by Crippen LogP contribution is 2.41. The van der Waals surface area contributed by atoms with E-state index in [9.17, 15) is 4.79 Å². The Hall–Kier alpha value is -1.16. The van der Waals surface area contributed by atoms with Gasteiger partial charge in [0.1, 0.15) is 5.82 Å². The maximum Gasteiger partial charge on any atom is 0.255 e. The van der Waals surface area contributed by atoms with Crippen molar-refractivity contribution in [2.24, 2.45) is 11.1 Å². The van der Waals surface area contributed by atoms with Crippen molar-refractivity contribution in [2.75, 3.05) is 0 Å². The van der Waals surface area contributed by atoms with Gasteiger partial charge in [-0.05, 0) is 31.1 Å². The van der Waals surface area contributed by atoms with Gasteiger partial charge in [0.25, 0.3) is 5.56 Å².